The van der Waals surface area contributed by atoms with Gasteiger partial charge in [-0.3, -0.25) is 4.79 Å². The third-order valence-electron chi connectivity index (χ3n) is 2.88. The van der Waals surface area contributed by atoms with Gasteiger partial charge in [-0.1, -0.05) is 35.3 Å². The quantitative estimate of drug-likeness (QED) is 0.772. The first-order chi connectivity index (χ1) is 11.3. The van der Waals surface area contributed by atoms with Gasteiger partial charge in [0.15, 0.2) is 6.10 Å². The van der Waals surface area contributed by atoms with E-state index in [9.17, 15) is 13.6 Å². The van der Waals surface area contributed by atoms with Crippen LogP contribution in [0.25, 0.3) is 0 Å². The molecule has 2 aromatic carbocycles. The number of nitrogens with one attached hydrogen (secondary N) is 1. The maximum absolute atomic E-state index is 12.4. The van der Waals surface area contributed by atoms with Crippen LogP contribution in [0.15, 0.2) is 42.5 Å². The Balaban J connectivity index is 2.06. The molecule has 1 N–H and O–H groups in total. The van der Waals surface area contributed by atoms with Crippen molar-refractivity contribution in [2.45, 2.75) is 19.6 Å². The molecular formula is C16H13Cl2F2NO3. The summed E-state index contributed by atoms with van der Waals surface area (Å²) in [5.41, 5.74) is 0.113. The Hall–Kier alpha value is -2.05. The molecule has 0 saturated heterocycles. The van der Waals surface area contributed by atoms with Crippen molar-refractivity contribution in [1.82, 2.24) is 0 Å². The highest BCUT2D eigenvalue weighted by Gasteiger charge is 2.18. The van der Waals surface area contributed by atoms with Crippen LogP contribution in [0.4, 0.5) is 14.5 Å². The predicted octanol–water partition coefficient (Wildman–Crippen LogP) is 5.00. The Labute approximate surface area is 147 Å². The van der Waals surface area contributed by atoms with Crippen LogP contribution in [0.5, 0.6) is 11.5 Å². The highest BCUT2D eigenvalue weighted by molar-refractivity contribution is 6.34. The van der Waals surface area contributed by atoms with Gasteiger partial charge in [0.25, 0.3) is 5.91 Å². The molecule has 0 fully saturated rings. The van der Waals surface area contributed by atoms with E-state index in [2.05, 4.69) is 10.1 Å². The second-order valence-electron chi connectivity index (χ2n) is 4.73. The largest absolute Gasteiger partial charge is 0.481 e. The van der Waals surface area contributed by atoms with Crippen molar-refractivity contribution in [3.8, 4) is 11.5 Å². The average molecular weight is 376 g/mol. The number of carbonyl (C=O) groups excluding carboxylic acids is 1. The third-order valence-corrected chi connectivity index (χ3v) is 3.32. The predicted molar refractivity (Wildman–Crippen MR) is 88.3 cm³/mol. The van der Waals surface area contributed by atoms with Crippen LogP contribution in [-0.4, -0.2) is 18.6 Å². The topological polar surface area (TPSA) is 47.6 Å². The van der Waals surface area contributed by atoms with Gasteiger partial charge in [0, 0.05) is 10.0 Å². The minimum atomic E-state index is -3.00. The van der Waals surface area contributed by atoms with Crippen molar-refractivity contribution in [1.29, 1.82) is 0 Å². The second-order valence-corrected chi connectivity index (χ2v) is 5.60. The fraction of sp³-hybridized carbons (Fsp3) is 0.188. The Morgan fingerprint density at radius 1 is 1.08 bits per heavy atom. The molecular weight excluding hydrogens is 363 g/mol. The number of rotatable bonds is 6. The van der Waals surface area contributed by atoms with Crippen LogP contribution in [-0.2, 0) is 4.79 Å². The summed E-state index contributed by atoms with van der Waals surface area (Å²) in [6, 6.07) is 10.4. The summed E-state index contributed by atoms with van der Waals surface area (Å²) in [5, 5.41) is 3.20. The normalized spacial score (nSPS) is 11.9. The van der Waals surface area contributed by atoms with Crippen LogP contribution in [0, 0.1) is 0 Å². The average Bonchev–Trinajstić information content (AvgIpc) is 2.47. The first-order valence-corrected chi connectivity index (χ1v) is 7.58. The number of carbonyl (C=O) groups is 1. The molecule has 24 heavy (non-hydrogen) atoms. The molecule has 2 aromatic rings. The molecule has 0 aliphatic heterocycles. The standard InChI is InChI=1S/C16H13Cl2F2NO3/c1-9(23-12-7-10(17)6-11(18)8-12)15(22)21-13-4-2-3-5-14(13)24-16(19)20/h2-9,16H,1H3,(H,21,22). The maximum Gasteiger partial charge on any atom is 0.387 e. The summed E-state index contributed by atoms with van der Waals surface area (Å²) in [7, 11) is 0. The van der Waals surface area contributed by atoms with E-state index < -0.39 is 18.6 Å². The number of hydrogen-bond donors (Lipinski definition) is 1. The Bertz CT molecular complexity index is 708. The summed E-state index contributed by atoms with van der Waals surface area (Å²) < 4.78 is 34.6. The van der Waals surface area contributed by atoms with Gasteiger partial charge >= 0.3 is 6.61 Å². The molecule has 8 heteroatoms. The lowest BCUT2D eigenvalue weighted by molar-refractivity contribution is -0.122. The molecule has 0 spiro atoms. The Kier molecular flexibility index (Phi) is 6.23. The van der Waals surface area contributed by atoms with Crippen LogP contribution in [0.3, 0.4) is 0 Å². The first-order valence-electron chi connectivity index (χ1n) is 6.82. The SMILES string of the molecule is CC(Oc1cc(Cl)cc(Cl)c1)C(=O)Nc1ccccc1OC(F)F. The van der Waals surface area contributed by atoms with Gasteiger partial charge in [0.05, 0.1) is 5.69 Å². The molecule has 0 aliphatic carbocycles. The smallest absolute Gasteiger partial charge is 0.387 e. The lowest BCUT2D eigenvalue weighted by atomic mass is 10.2. The number of amides is 1. The molecule has 0 aliphatic rings. The van der Waals surface area contributed by atoms with E-state index in [1.807, 2.05) is 0 Å². The van der Waals surface area contributed by atoms with E-state index in [4.69, 9.17) is 27.9 Å². The highest BCUT2D eigenvalue weighted by atomic mass is 35.5. The van der Waals surface area contributed by atoms with E-state index in [1.54, 1.807) is 6.07 Å². The summed E-state index contributed by atoms with van der Waals surface area (Å²) in [4.78, 5) is 12.2. The van der Waals surface area contributed by atoms with Crippen LogP contribution >= 0.6 is 23.2 Å². The zero-order valence-corrected chi connectivity index (χ0v) is 13.9. The highest BCUT2D eigenvalue weighted by Crippen LogP contribution is 2.27. The number of alkyl halides is 2. The number of hydrogen-bond acceptors (Lipinski definition) is 3. The van der Waals surface area contributed by atoms with E-state index in [0.29, 0.717) is 15.8 Å². The van der Waals surface area contributed by atoms with E-state index in [1.165, 1.54) is 43.3 Å². The number of para-hydroxylation sites is 2. The van der Waals surface area contributed by atoms with Crippen molar-refractivity contribution in [3.05, 3.63) is 52.5 Å². The van der Waals surface area contributed by atoms with Crippen molar-refractivity contribution < 1.29 is 23.0 Å². The van der Waals surface area contributed by atoms with Gasteiger partial charge in [-0.15, -0.1) is 0 Å². The Morgan fingerprint density at radius 2 is 1.71 bits per heavy atom. The van der Waals surface area contributed by atoms with Gasteiger partial charge in [-0.25, -0.2) is 0 Å². The number of halogens is 4. The minimum absolute atomic E-state index is 0.113. The molecule has 1 unspecified atom stereocenters. The molecule has 0 saturated carbocycles. The lowest BCUT2D eigenvalue weighted by Crippen LogP contribution is -2.30. The molecule has 0 radical (unpaired) electrons. The van der Waals surface area contributed by atoms with E-state index >= 15 is 0 Å². The first kappa shape index (κ1) is 18.3. The molecule has 0 heterocycles. The summed E-state index contributed by atoms with van der Waals surface area (Å²) in [5.74, 6) is -0.373. The van der Waals surface area contributed by atoms with E-state index in [-0.39, 0.29) is 11.4 Å². The molecule has 128 valence electrons. The minimum Gasteiger partial charge on any atom is -0.481 e. The fourth-order valence-electron chi connectivity index (χ4n) is 1.86. The van der Waals surface area contributed by atoms with Crippen molar-refractivity contribution in [2.24, 2.45) is 0 Å². The van der Waals surface area contributed by atoms with Gasteiger partial charge in [0.1, 0.15) is 11.5 Å². The summed E-state index contributed by atoms with van der Waals surface area (Å²) in [6.07, 6.45) is -0.917. The maximum atomic E-state index is 12.4. The third kappa shape index (κ3) is 5.25. The second kappa shape index (κ2) is 8.17. The molecule has 1 atom stereocenters. The number of anilines is 1. The lowest BCUT2D eigenvalue weighted by Gasteiger charge is -2.17. The monoisotopic (exact) mass is 375 g/mol. The van der Waals surface area contributed by atoms with Crippen molar-refractivity contribution in [3.63, 3.8) is 0 Å². The van der Waals surface area contributed by atoms with Gasteiger partial charge in [-0.2, -0.15) is 8.78 Å². The van der Waals surface area contributed by atoms with Crippen molar-refractivity contribution >= 4 is 34.8 Å². The van der Waals surface area contributed by atoms with Crippen LogP contribution < -0.4 is 14.8 Å². The van der Waals surface area contributed by atoms with Crippen molar-refractivity contribution in [2.75, 3.05) is 5.32 Å². The van der Waals surface area contributed by atoms with Gasteiger partial charge in [-0.05, 0) is 37.3 Å². The molecule has 4 nitrogen and oxygen atoms in total. The van der Waals surface area contributed by atoms with Gasteiger partial charge in [0.2, 0.25) is 0 Å². The molecule has 0 bridgehead atoms. The fourth-order valence-corrected chi connectivity index (χ4v) is 2.36. The van der Waals surface area contributed by atoms with E-state index in [0.717, 1.165) is 0 Å². The summed E-state index contributed by atoms with van der Waals surface area (Å²) in [6.45, 7) is -1.49. The zero-order valence-electron chi connectivity index (χ0n) is 12.4. The number of benzene rings is 2. The van der Waals surface area contributed by atoms with Crippen LogP contribution in [0.1, 0.15) is 6.92 Å². The molecule has 2 rings (SSSR count). The zero-order chi connectivity index (χ0) is 17.7. The summed E-state index contributed by atoms with van der Waals surface area (Å²) >= 11 is 11.7. The molecule has 1 amide bonds. The van der Waals surface area contributed by atoms with Gasteiger partial charge < -0.3 is 14.8 Å². The number of ether oxygens (including phenoxy) is 2. The van der Waals surface area contributed by atoms with Crippen LogP contribution in [0.2, 0.25) is 10.0 Å². The Morgan fingerprint density at radius 3 is 2.33 bits per heavy atom. The molecule has 0 aromatic heterocycles.